The van der Waals surface area contributed by atoms with Gasteiger partial charge in [-0.1, -0.05) is 30.3 Å². The van der Waals surface area contributed by atoms with Gasteiger partial charge in [-0.2, -0.15) is 5.26 Å². The Labute approximate surface area is 151 Å². The van der Waals surface area contributed by atoms with Crippen LogP contribution in [0.25, 0.3) is 6.08 Å². The van der Waals surface area contributed by atoms with Crippen LogP contribution in [-0.4, -0.2) is 31.9 Å². The lowest BCUT2D eigenvalue weighted by Gasteiger charge is -2.32. The second-order valence-electron chi connectivity index (χ2n) is 8.16. The van der Waals surface area contributed by atoms with Crippen molar-refractivity contribution >= 4 is 13.2 Å². The van der Waals surface area contributed by atoms with Gasteiger partial charge in [0.25, 0.3) is 0 Å². The Morgan fingerprint density at radius 1 is 1.24 bits per heavy atom. The van der Waals surface area contributed by atoms with Crippen molar-refractivity contribution in [3.8, 4) is 6.07 Å². The van der Waals surface area contributed by atoms with Crippen molar-refractivity contribution in [2.75, 3.05) is 13.6 Å². The summed E-state index contributed by atoms with van der Waals surface area (Å²) in [5.74, 6) is 0. The predicted octanol–water partition coefficient (Wildman–Crippen LogP) is 3.48. The number of likely N-dealkylation sites (N-methyl/N-ethyl adjacent to an activating group) is 1. The van der Waals surface area contributed by atoms with Crippen LogP contribution in [-0.2, 0) is 14.7 Å². The van der Waals surface area contributed by atoms with Gasteiger partial charge in [0.05, 0.1) is 22.7 Å². The molecule has 2 aliphatic rings. The zero-order chi connectivity index (χ0) is 18.3. The van der Waals surface area contributed by atoms with E-state index < -0.39 is 0 Å². The number of hydrogen-bond acceptors (Lipinski definition) is 4. The molecule has 1 N–H and O–H groups in total. The molecule has 5 heteroatoms. The SMILES string of the molecule is CNCC(=Cc1cccc(C2(C#N)CC2)c1)B1OC(C)(C)C(C)(C)O1. The van der Waals surface area contributed by atoms with E-state index in [4.69, 9.17) is 9.31 Å². The minimum absolute atomic E-state index is 0.267. The smallest absolute Gasteiger partial charge is 0.400 e. The fraction of sp³-hybridized carbons (Fsp3) is 0.550. The fourth-order valence-electron chi connectivity index (χ4n) is 3.13. The van der Waals surface area contributed by atoms with Gasteiger partial charge in [-0.25, -0.2) is 0 Å². The highest BCUT2D eigenvalue weighted by molar-refractivity contribution is 6.55. The van der Waals surface area contributed by atoms with Gasteiger partial charge in [0, 0.05) is 6.54 Å². The number of rotatable bonds is 5. The van der Waals surface area contributed by atoms with Gasteiger partial charge in [0.15, 0.2) is 0 Å². The van der Waals surface area contributed by atoms with E-state index in [1.165, 1.54) is 0 Å². The van der Waals surface area contributed by atoms with Crippen LogP contribution >= 0.6 is 0 Å². The minimum Gasteiger partial charge on any atom is -0.400 e. The van der Waals surface area contributed by atoms with Crippen molar-refractivity contribution < 1.29 is 9.31 Å². The lowest BCUT2D eigenvalue weighted by atomic mass is 9.76. The maximum absolute atomic E-state index is 9.44. The summed E-state index contributed by atoms with van der Waals surface area (Å²) in [7, 11) is 1.55. The number of nitrogens with zero attached hydrogens (tertiary/aromatic N) is 1. The molecule has 3 rings (SSSR count). The van der Waals surface area contributed by atoms with Gasteiger partial charge < -0.3 is 14.6 Å². The summed E-state index contributed by atoms with van der Waals surface area (Å²) in [6.45, 7) is 8.94. The van der Waals surface area contributed by atoms with E-state index in [9.17, 15) is 5.26 Å². The third-order valence-corrected chi connectivity index (χ3v) is 5.69. The number of benzene rings is 1. The summed E-state index contributed by atoms with van der Waals surface area (Å²) in [5, 5.41) is 12.6. The first-order valence-corrected chi connectivity index (χ1v) is 8.95. The lowest BCUT2D eigenvalue weighted by Crippen LogP contribution is -2.41. The van der Waals surface area contributed by atoms with Crippen LogP contribution in [0.2, 0.25) is 0 Å². The van der Waals surface area contributed by atoms with Crippen molar-refractivity contribution in [2.24, 2.45) is 0 Å². The van der Waals surface area contributed by atoms with E-state index in [0.29, 0.717) is 6.54 Å². The Kier molecular flexibility index (Phi) is 4.57. The van der Waals surface area contributed by atoms with Crippen LogP contribution in [0.1, 0.15) is 51.7 Å². The number of nitriles is 1. The first-order chi connectivity index (χ1) is 11.7. The van der Waals surface area contributed by atoms with E-state index in [1.54, 1.807) is 0 Å². The van der Waals surface area contributed by atoms with Gasteiger partial charge in [-0.15, -0.1) is 0 Å². The molecule has 0 radical (unpaired) electrons. The average Bonchev–Trinajstić information content (AvgIpc) is 3.31. The van der Waals surface area contributed by atoms with Crippen LogP contribution in [0.15, 0.2) is 29.7 Å². The third kappa shape index (κ3) is 3.39. The largest absolute Gasteiger partial charge is 0.491 e. The van der Waals surface area contributed by atoms with E-state index >= 15 is 0 Å². The molecule has 2 fully saturated rings. The molecule has 25 heavy (non-hydrogen) atoms. The second kappa shape index (κ2) is 6.28. The standard InChI is InChI=1S/C20H27BN2O2/c1-18(2)19(3,4)25-21(24-18)17(13-23-5)12-15-7-6-8-16(11-15)20(14-22)9-10-20/h6-8,11-12,23H,9-10,13H2,1-5H3. The summed E-state index contributed by atoms with van der Waals surface area (Å²) in [5.41, 5.74) is 2.27. The van der Waals surface area contributed by atoms with Crippen LogP contribution in [0, 0.1) is 11.3 Å². The molecule has 1 aromatic rings. The molecular weight excluding hydrogens is 311 g/mol. The zero-order valence-electron chi connectivity index (χ0n) is 15.8. The Morgan fingerprint density at radius 2 is 1.88 bits per heavy atom. The molecule has 0 atom stereocenters. The molecular formula is C20H27BN2O2. The highest BCUT2D eigenvalue weighted by atomic mass is 16.7. The van der Waals surface area contributed by atoms with E-state index in [-0.39, 0.29) is 23.7 Å². The summed E-state index contributed by atoms with van der Waals surface area (Å²) >= 11 is 0. The Morgan fingerprint density at radius 3 is 2.40 bits per heavy atom. The van der Waals surface area contributed by atoms with Crippen molar-refractivity contribution in [3.05, 3.63) is 40.9 Å². The molecule has 4 nitrogen and oxygen atoms in total. The van der Waals surface area contributed by atoms with Crippen LogP contribution in [0.4, 0.5) is 0 Å². The molecule has 0 unspecified atom stereocenters. The van der Waals surface area contributed by atoms with Gasteiger partial charge in [0.1, 0.15) is 0 Å². The molecule has 1 aromatic carbocycles. The van der Waals surface area contributed by atoms with E-state index in [2.05, 4.69) is 63.4 Å². The van der Waals surface area contributed by atoms with E-state index in [0.717, 1.165) is 29.4 Å². The minimum atomic E-state index is -0.369. The monoisotopic (exact) mass is 338 g/mol. The molecule has 132 valence electrons. The van der Waals surface area contributed by atoms with Gasteiger partial charge in [-0.3, -0.25) is 0 Å². The molecule has 0 spiro atoms. The Balaban J connectivity index is 1.89. The number of hydrogen-bond donors (Lipinski definition) is 1. The topological polar surface area (TPSA) is 54.3 Å². The molecule has 1 aliphatic carbocycles. The average molecular weight is 338 g/mol. The normalized spacial score (nSPS) is 23.4. The maximum Gasteiger partial charge on any atom is 0.491 e. The first kappa shape index (κ1) is 18.2. The van der Waals surface area contributed by atoms with Crippen molar-refractivity contribution in [1.82, 2.24) is 5.32 Å². The molecule has 1 heterocycles. The van der Waals surface area contributed by atoms with Crippen LogP contribution < -0.4 is 5.32 Å². The molecule has 0 amide bonds. The molecule has 1 saturated heterocycles. The summed E-state index contributed by atoms with van der Waals surface area (Å²) in [6, 6.07) is 10.7. The van der Waals surface area contributed by atoms with Crippen LogP contribution in [0.5, 0.6) is 0 Å². The maximum atomic E-state index is 9.44. The summed E-state index contributed by atoms with van der Waals surface area (Å²) < 4.78 is 12.4. The highest BCUT2D eigenvalue weighted by Crippen LogP contribution is 2.47. The quantitative estimate of drug-likeness (QED) is 0.835. The highest BCUT2D eigenvalue weighted by Gasteiger charge is 2.52. The first-order valence-electron chi connectivity index (χ1n) is 8.95. The fourth-order valence-corrected chi connectivity index (χ4v) is 3.13. The van der Waals surface area contributed by atoms with Gasteiger partial charge >= 0.3 is 7.12 Å². The summed E-state index contributed by atoms with van der Waals surface area (Å²) in [6.07, 6.45) is 4.03. The predicted molar refractivity (Wildman–Crippen MR) is 101 cm³/mol. The molecule has 1 aliphatic heterocycles. The second-order valence-corrected chi connectivity index (χ2v) is 8.16. The zero-order valence-corrected chi connectivity index (χ0v) is 15.8. The van der Waals surface area contributed by atoms with Crippen molar-refractivity contribution in [2.45, 2.75) is 57.2 Å². The number of nitrogens with one attached hydrogen (secondary N) is 1. The van der Waals surface area contributed by atoms with Crippen molar-refractivity contribution in [3.63, 3.8) is 0 Å². The Bertz CT molecular complexity index is 713. The van der Waals surface area contributed by atoms with Crippen molar-refractivity contribution in [1.29, 1.82) is 5.26 Å². The lowest BCUT2D eigenvalue weighted by molar-refractivity contribution is 0.00578. The molecule has 0 bridgehead atoms. The van der Waals surface area contributed by atoms with Crippen LogP contribution in [0.3, 0.4) is 0 Å². The van der Waals surface area contributed by atoms with Gasteiger partial charge in [-0.05, 0) is 64.2 Å². The summed E-state index contributed by atoms with van der Waals surface area (Å²) in [4.78, 5) is 0. The third-order valence-electron chi connectivity index (χ3n) is 5.69. The Hall–Kier alpha value is -1.61. The van der Waals surface area contributed by atoms with Gasteiger partial charge in [0.2, 0.25) is 0 Å². The molecule has 1 saturated carbocycles. The molecule has 0 aromatic heterocycles. The van der Waals surface area contributed by atoms with E-state index in [1.807, 2.05) is 13.1 Å².